The smallest absolute Gasteiger partial charge is 0.148 e. The lowest BCUT2D eigenvalue weighted by molar-refractivity contribution is 0.218. The number of sulfone groups is 1. The van der Waals surface area contributed by atoms with E-state index in [9.17, 15) is 8.42 Å². The molecule has 0 aromatic heterocycles. The molecule has 0 aliphatic heterocycles. The maximum absolute atomic E-state index is 11.3. The van der Waals surface area contributed by atoms with Crippen molar-refractivity contribution in [1.82, 2.24) is 10.2 Å². The fourth-order valence-electron chi connectivity index (χ4n) is 2.33. The fourth-order valence-corrected chi connectivity index (χ4v) is 2.95. The molecule has 2 atom stereocenters. The molecule has 1 N–H and O–H groups in total. The van der Waals surface area contributed by atoms with Crippen LogP contribution in [-0.2, 0) is 9.84 Å². The fraction of sp³-hybridized carbons (Fsp3) is 0.625. The van der Waals surface area contributed by atoms with E-state index in [2.05, 4.69) is 55.3 Å². The molecule has 0 bridgehead atoms. The first-order chi connectivity index (χ1) is 9.74. The molecule has 0 saturated heterocycles. The highest BCUT2D eigenvalue weighted by Gasteiger charge is 2.22. The molecule has 1 aromatic rings. The Morgan fingerprint density at radius 2 is 1.81 bits per heavy atom. The number of hydrogen-bond donors (Lipinski definition) is 1. The van der Waals surface area contributed by atoms with Crippen LogP contribution in [0.5, 0.6) is 0 Å². The molecule has 2 unspecified atom stereocenters. The van der Waals surface area contributed by atoms with Crippen molar-refractivity contribution >= 4 is 9.84 Å². The summed E-state index contributed by atoms with van der Waals surface area (Å²) < 4.78 is 22.6. The number of benzene rings is 1. The van der Waals surface area contributed by atoms with E-state index in [4.69, 9.17) is 0 Å². The van der Waals surface area contributed by atoms with Gasteiger partial charge in [-0.25, -0.2) is 8.42 Å². The first kappa shape index (κ1) is 18.1. The van der Waals surface area contributed by atoms with Crippen molar-refractivity contribution in [1.29, 1.82) is 0 Å². The molecule has 0 radical (unpaired) electrons. The molecule has 0 aliphatic carbocycles. The van der Waals surface area contributed by atoms with E-state index in [1.54, 1.807) is 0 Å². The number of likely N-dealkylation sites (N-methyl/N-ethyl adjacent to an activating group) is 2. The SMILES string of the molecule is CCNC(c1ccc(C)cc1)C(C)N(C)CCS(C)(=O)=O. The number of hydrogen-bond acceptors (Lipinski definition) is 4. The highest BCUT2D eigenvalue weighted by molar-refractivity contribution is 7.90. The van der Waals surface area contributed by atoms with Crippen molar-refractivity contribution in [3.8, 4) is 0 Å². The van der Waals surface area contributed by atoms with Gasteiger partial charge in [0.05, 0.1) is 5.75 Å². The maximum Gasteiger partial charge on any atom is 0.148 e. The molecule has 0 amide bonds. The van der Waals surface area contributed by atoms with Gasteiger partial charge in [0.2, 0.25) is 0 Å². The van der Waals surface area contributed by atoms with Gasteiger partial charge in [-0.15, -0.1) is 0 Å². The van der Waals surface area contributed by atoms with Gasteiger partial charge in [0.25, 0.3) is 0 Å². The van der Waals surface area contributed by atoms with Gasteiger partial charge in [0, 0.05) is 24.9 Å². The van der Waals surface area contributed by atoms with Crippen LogP contribution < -0.4 is 5.32 Å². The predicted octanol–water partition coefficient (Wildman–Crippen LogP) is 2.01. The van der Waals surface area contributed by atoms with Crippen molar-refractivity contribution in [3.63, 3.8) is 0 Å². The average molecular weight is 312 g/mol. The van der Waals surface area contributed by atoms with Crippen LogP contribution in [0, 0.1) is 6.92 Å². The Balaban J connectivity index is 2.81. The predicted molar refractivity (Wildman–Crippen MR) is 89.4 cm³/mol. The minimum atomic E-state index is -2.92. The van der Waals surface area contributed by atoms with Gasteiger partial charge in [-0.3, -0.25) is 0 Å². The lowest BCUT2D eigenvalue weighted by atomic mass is 9.98. The van der Waals surface area contributed by atoms with Gasteiger partial charge in [0.15, 0.2) is 0 Å². The topological polar surface area (TPSA) is 49.4 Å². The Labute approximate surface area is 129 Å². The van der Waals surface area contributed by atoms with Crippen LogP contribution in [0.2, 0.25) is 0 Å². The van der Waals surface area contributed by atoms with E-state index in [0.717, 1.165) is 6.54 Å². The van der Waals surface area contributed by atoms with Crippen LogP contribution in [0.25, 0.3) is 0 Å². The number of aryl methyl sites for hydroxylation is 1. The molecule has 0 fully saturated rings. The molecule has 4 nitrogen and oxygen atoms in total. The summed E-state index contributed by atoms with van der Waals surface area (Å²) >= 11 is 0. The van der Waals surface area contributed by atoms with E-state index in [1.165, 1.54) is 17.4 Å². The second-order valence-electron chi connectivity index (χ2n) is 5.80. The van der Waals surface area contributed by atoms with E-state index in [0.29, 0.717) is 6.54 Å². The molecule has 0 spiro atoms. The van der Waals surface area contributed by atoms with E-state index in [-0.39, 0.29) is 17.8 Å². The second-order valence-corrected chi connectivity index (χ2v) is 8.06. The normalized spacial score (nSPS) is 15.1. The monoisotopic (exact) mass is 312 g/mol. The highest BCUT2D eigenvalue weighted by atomic mass is 32.2. The first-order valence-electron chi connectivity index (χ1n) is 7.42. The molecule has 120 valence electrons. The molecular weight excluding hydrogens is 284 g/mol. The minimum absolute atomic E-state index is 0.195. The third-order valence-corrected chi connectivity index (χ3v) is 4.78. The Kier molecular flexibility index (Phi) is 6.84. The quantitative estimate of drug-likeness (QED) is 0.798. The molecular formula is C16H28N2O2S. The lowest BCUT2D eigenvalue weighted by Gasteiger charge is -2.32. The van der Waals surface area contributed by atoms with E-state index < -0.39 is 9.84 Å². The third-order valence-electron chi connectivity index (χ3n) is 3.85. The van der Waals surface area contributed by atoms with Gasteiger partial charge >= 0.3 is 0 Å². The number of rotatable bonds is 8. The molecule has 21 heavy (non-hydrogen) atoms. The molecule has 0 aliphatic rings. The van der Waals surface area contributed by atoms with Crippen LogP contribution in [0.15, 0.2) is 24.3 Å². The Hall–Kier alpha value is -0.910. The van der Waals surface area contributed by atoms with Crippen molar-refractivity contribution < 1.29 is 8.42 Å². The van der Waals surface area contributed by atoms with Gasteiger partial charge in [-0.1, -0.05) is 36.8 Å². The van der Waals surface area contributed by atoms with Crippen molar-refractivity contribution in [3.05, 3.63) is 35.4 Å². The van der Waals surface area contributed by atoms with Crippen molar-refractivity contribution in [2.75, 3.05) is 32.1 Å². The molecule has 0 saturated carbocycles. The molecule has 1 rings (SSSR count). The number of nitrogens with one attached hydrogen (secondary N) is 1. The standard InChI is InChI=1S/C16H28N2O2S/c1-6-17-16(15-9-7-13(2)8-10-15)14(3)18(4)11-12-21(5,19)20/h7-10,14,16-17H,6,11-12H2,1-5H3. The third kappa shape index (κ3) is 6.16. The zero-order valence-electron chi connectivity index (χ0n) is 13.8. The van der Waals surface area contributed by atoms with Crippen LogP contribution in [0.3, 0.4) is 0 Å². The van der Waals surface area contributed by atoms with E-state index >= 15 is 0 Å². The van der Waals surface area contributed by atoms with Gasteiger partial charge in [-0.05, 0) is 33.0 Å². The zero-order chi connectivity index (χ0) is 16.0. The largest absolute Gasteiger partial charge is 0.309 e. The second kappa shape index (κ2) is 7.92. The van der Waals surface area contributed by atoms with Gasteiger partial charge in [-0.2, -0.15) is 0 Å². The van der Waals surface area contributed by atoms with Crippen LogP contribution in [0.1, 0.15) is 31.0 Å². The number of nitrogens with zero attached hydrogens (tertiary/aromatic N) is 1. The van der Waals surface area contributed by atoms with Crippen molar-refractivity contribution in [2.24, 2.45) is 0 Å². The Morgan fingerprint density at radius 3 is 2.29 bits per heavy atom. The van der Waals surface area contributed by atoms with Crippen LogP contribution in [-0.4, -0.2) is 51.5 Å². The molecule has 1 aromatic carbocycles. The van der Waals surface area contributed by atoms with Gasteiger partial charge < -0.3 is 10.2 Å². The summed E-state index contributed by atoms with van der Waals surface area (Å²) in [5.41, 5.74) is 2.48. The zero-order valence-corrected chi connectivity index (χ0v) is 14.6. The summed E-state index contributed by atoms with van der Waals surface area (Å²) in [6.45, 7) is 7.73. The molecule has 5 heteroatoms. The van der Waals surface area contributed by atoms with Crippen LogP contribution in [0.4, 0.5) is 0 Å². The minimum Gasteiger partial charge on any atom is -0.309 e. The summed E-state index contributed by atoms with van der Waals surface area (Å²) in [7, 11) is -0.942. The average Bonchev–Trinajstić information content (AvgIpc) is 2.42. The summed E-state index contributed by atoms with van der Waals surface area (Å²) in [6.07, 6.45) is 1.28. The van der Waals surface area contributed by atoms with Crippen LogP contribution >= 0.6 is 0 Å². The summed E-state index contributed by atoms with van der Waals surface area (Å²) in [5.74, 6) is 0.195. The van der Waals surface area contributed by atoms with E-state index in [1.807, 2.05) is 7.05 Å². The van der Waals surface area contributed by atoms with Crippen molar-refractivity contribution in [2.45, 2.75) is 32.9 Å². The summed E-state index contributed by atoms with van der Waals surface area (Å²) in [4.78, 5) is 2.11. The first-order valence-corrected chi connectivity index (χ1v) is 9.48. The lowest BCUT2D eigenvalue weighted by Crippen LogP contribution is -2.42. The summed E-state index contributed by atoms with van der Waals surface area (Å²) in [5, 5.41) is 3.51. The maximum atomic E-state index is 11.3. The molecule has 0 heterocycles. The highest BCUT2D eigenvalue weighted by Crippen LogP contribution is 2.20. The Morgan fingerprint density at radius 1 is 1.24 bits per heavy atom. The van der Waals surface area contributed by atoms with Gasteiger partial charge in [0.1, 0.15) is 9.84 Å². The Bertz CT molecular complexity index is 526. The summed E-state index contributed by atoms with van der Waals surface area (Å²) in [6, 6.07) is 8.92.